The van der Waals surface area contributed by atoms with Gasteiger partial charge in [-0.3, -0.25) is 10.1 Å². The molecule has 7 heteroatoms. The molecule has 1 aromatic heterocycles. The molecule has 106 valence electrons. The van der Waals surface area contributed by atoms with Crippen molar-refractivity contribution < 1.29 is 9.31 Å². The van der Waals surface area contributed by atoms with Crippen LogP contribution in [0.5, 0.6) is 0 Å². The van der Waals surface area contributed by atoms with Gasteiger partial charge in [-0.15, -0.1) is 0 Å². The summed E-state index contributed by atoms with van der Waals surface area (Å²) in [5.41, 5.74) is 0.882. The van der Waals surface area contributed by atoms with Crippen molar-refractivity contribution in [3.05, 3.63) is 52.3 Å². The highest BCUT2D eigenvalue weighted by atomic mass is 19.1. The van der Waals surface area contributed by atoms with E-state index in [1.54, 1.807) is 12.5 Å². The van der Waals surface area contributed by atoms with Crippen molar-refractivity contribution in [3.63, 3.8) is 0 Å². The number of nitro groups is 1. The highest BCUT2D eigenvalue weighted by molar-refractivity contribution is 5.61. The number of benzene rings is 1. The lowest BCUT2D eigenvalue weighted by Crippen LogP contribution is -2.09. The van der Waals surface area contributed by atoms with E-state index in [-0.39, 0.29) is 17.4 Å². The molecule has 1 heterocycles. The Morgan fingerprint density at radius 3 is 2.90 bits per heavy atom. The van der Waals surface area contributed by atoms with Gasteiger partial charge >= 0.3 is 0 Å². The zero-order chi connectivity index (χ0) is 14.7. The Labute approximate surface area is 115 Å². The van der Waals surface area contributed by atoms with E-state index < -0.39 is 10.7 Å². The summed E-state index contributed by atoms with van der Waals surface area (Å²) in [5, 5.41) is 13.8. The topological polar surface area (TPSA) is 73.0 Å². The molecular weight excluding hydrogens is 263 g/mol. The molecular formula is C13H15FN4O2. The van der Waals surface area contributed by atoms with Gasteiger partial charge in [-0.25, -0.2) is 9.37 Å². The number of nitro benzene ring substituents is 1. The van der Waals surface area contributed by atoms with Gasteiger partial charge in [0, 0.05) is 24.4 Å². The predicted molar refractivity (Wildman–Crippen MR) is 73.0 cm³/mol. The summed E-state index contributed by atoms with van der Waals surface area (Å²) >= 11 is 0. The fourth-order valence-electron chi connectivity index (χ4n) is 1.93. The molecule has 2 rings (SSSR count). The molecule has 1 N–H and O–H groups in total. The van der Waals surface area contributed by atoms with Gasteiger partial charge < -0.3 is 9.88 Å². The summed E-state index contributed by atoms with van der Waals surface area (Å²) in [5.74, 6) is -0.518. The number of nitrogens with one attached hydrogen (secondary N) is 1. The van der Waals surface area contributed by atoms with E-state index in [2.05, 4.69) is 10.3 Å². The molecule has 6 nitrogen and oxygen atoms in total. The van der Waals surface area contributed by atoms with Crippen LogP contribution < -0.4 is 5.32 Å². The number of halogens is 1. The molecule has 0 atom stereocenters. The maximum absolute atomic E-state index is 13.2. The van der Waals surface area contributed by atoms with Crippen LogP contribution in [0.2, 0.25) is 0 Å². The summed E-state index contributed by atoms with van der Waals surface area (Å²) in [7, 11) is 0. The summed E-state index contributed by atoms with van der Waals surface area (Å²) in [6, 6.07) is 3.57. The van der Waals surface area contributed by atoms with Crippen LogP contribution in [0.3, 0.4) is 0 Å². The van der Waals surface area contributed by atoms with Crippen molar-refractivity contribution in [1.82, 2.24) is 9.55 Å². The van der Waals surface area contributed by atoms with Gasteiger partial charge in [0.2, 0.25) is 0 Å². The average Bonchev–Trinajstić information content (AvgIpc) is 2.84. The van der Waals surface area contributed by atoms with Crippen LogP contribution in [-0.2, 0) is 6.54 Å². The predicted octanol–water partition coefficient (Wildman–Crippen LogP) is 3.12. The lowest BCUT2D eigenvalue weighted by atomic mass is 10.2. The van der Waals surface area contributed by atoms with E-state index in [1.807, 2.05) is 18.4 Å². The Bertz CT molecular complexity index is 625. The van der Waals surface area contributed by atoms with Crippen LogP contribution in [0.1, 0.15) is 25.6 Å². The normalized spacial score (nSPS) is 10.8. The largest absolute Gasteiger partial charge is 0.374 e. The molecule has 0 saturated heterocycles. The maximum Gasteiger partial charge on any atom is 0.292 e. The number of rotatable bonds is 5. The van der Waals surface area contributed by atoms with Crippen molar-refractivity contribution in [2.45, 2.75) is 26.4 Å². The first-order valence-corrected chi connectivity index (χ1v) is 6.17. The van der Waals surface area contributed by atoms with Gasteiger partial charge in [-0.05, 0) is 19.9 Å². The molecule has 0 spiro atoms. The first kappa shape index (κ1) is 14.0. The van der Waals surface area contributed by atoms with Gasteiger partial charge in [0.1, 0.15) is 11.5 Å². The summed E-state index contributed by atoms with van der Waals surface area (Å²) in [6.07, 6.45) is 3.37. The van der Waals surface area contributed by atoms with E-state index in [1.165, 1.54) is 0 Å². The number of nitrogens with zero attached hydrogens (tertiary/aromatic N) is 3. The van der Waals surface area contributed by atoms with E-state index >= 15 is 0 Å². The molecule has 20 heavy (non-hydrogen) atoms. The Morgan fingerprint density at radius 1 is 1.50 bits per heavy atom. The Balaban J connectivity index is 2.20. The minimum atomic E-state index is -0.540. The van der Waals surface area contributed by atoms with E-state index in [9.17, 15) is 14.5 Å². The average molecular weight is 278 g/mol. The van der Waals surface area contributed by atoms with E-state index in [0.29, 0.717) is 6.54 Å². The zero-order valence-electron chi connectivity index (χ0n) is 11.2. The number of aromatic nitrogens is 2. The first-order chi connectivity index (χ1) is 9.49. The monoisotopic (exact) mass is 278 g/mol. The number of hydrogen-bond donors (Lipinski definition) is 1. The molecule has 0 aliphatic carbocycles. The second-order valence-electron chi connectivity index (χ2n) is 4.66. The van der Waals surface area contributed by atoms with Gasteiger partial charge in [-0.1, -0.05) is 0 Å². The SMILES string of the molecule is CC(C)n1cncc1CNc1cc(F)ccc1[N+](=O)[O-]. The van der Waals surface area contributed by atoms with Crippen molar-refractivity contribution >= 4 is 11.4 Å². The van der Waals surface area contributed by atoms with Gasteiger partial charge in [0.15, 0.2) is 0 Å². The Hall–Kier alpha value is -2.44. The number of anilines is 1. The van der Waals surface area contributed by atoms with Crippen LogP contribution in [0.25, 0.3) is 0 Å². The third-order valence-corrected chi connectivity index (χ3v) is 2.92. The lowest BCUT2D eigenvalue weighted by Gasteiger charge is -2.13. The second-order valence-corrected chi connectivity index (χ2v) is 4.66. The molecule has 0 saturated carbocycles. The third kappa shape index (κ3) is 2.93. The van der Waals surface area contributed by atoms with Crippen LogP contribution in [0.15, 0.2) is 30.7 Å². The number of imidazole rings is 1. The number of hydrogen-bond acceptors (Lipinski definition) is 4. The van der Waals surface area contributed by atoms with Crippen LogP contribution in [-0.4, -0.2) is 14.5 Å². The molecule has 0 aliphatic rings. The summed E-state index contributed by atoms with van der Waals surface area (Å²) < 4.78 is 15.1. The molecule has 0 fully saturated rings. The Kier molecular flexibility index (Phi) is 3.97. The molecule has 2 aromatic rings. The Morgan fingerprint density at radius 2 is 2.25 bits per heavy atom. The highest BCUT2D eigenvalue weighted by Gasteiger charge is 2.15. The fourth-order valence-corrected chi connectivity index (χ4v) is 1.93. The first-order valence-electron chi connectivity index (χ1n) is 6.17. The minimum Gasteiger partial charge on any atom is -0.374 e. The maximum atomic E-state index is 13.2. The fraction of sp³-hybridized carbons (Fsp3) is 0.308. The highest BCUT2D eigenvalue weighted by Crippen LogP contribution is 2.25. The lowest BCUT2D eigenvalue weighted by molar-refractivity contribution is -0.384. The minimum absolute atomic E-state index is 0.151. The standard InChI is InChI=1S/C13H15FN4O2/c1-9(2)17-8-15-6-11(17)7-16-12-5-10(14)3-4-13(12)18(19)20/h3-6,8-9,16H,7H2,1-2H3. The van der Waals surface area contributed by atoms with Crippen molar-refractivity contribution in [1.29, 1.82) is 0 Å². The molecule has 0 amide bonds. The van der Waals surface area contributed by atoms with Crippen LogP contribution in [0.4, 0.5) is 15.8 Å². The van der Waals surface area contributed by atoms with Crippen molar-refractivity contribution in [2.75, 3.05) is 5.32 Å². The van der Waals surface area contributed by atoms with Crippen LogP contribution in [0, 0.1) is 15.9 Å². The van der Waals surface area contributed by atoms with E-state index in [4.69, 9.17) is 0 Å². The summed E-state index contributed by atoms with van der Waals surface area (Å²) in [6.45, 7) is 4.36. The molecule has 0 radical (unpaired) electrons. The van der Waals surface area contributed by atoms with Crippen molar-refractivity contribution in [2.24, 2.45) is 0 Å². The summed E-state index contributed by atoms with van der Waals surface area (Å²) in [4.78, 5) is 14.4. The van der Waals surface area contributed by atoms with Gasteiger partial charge in [-0.2, -0.15) is 0 Å². The zero-order valence-corrected chi connectivity index (χ0v) is 11.2. The molecule has 1 aromatic carbocycles. The van der Waals surface area contributed by atoms with Crippen molar-refractivity contribution in [3.8, 4) is 0 Å². The second kappa shape index (κ2) is 5.68. The molecule has 0 aliphatic heterocycles. The molecule has 0 unspecified atom stereocenters. The quantitative estimate of drug-likeness (QED) is 0.673. The van der Waals surface area contributed by atoms with Gasteiger partial charge in [0.05, 0.1) is 23.5 Å². The van der Waals surface area contributed by atoms with Gasteiger partial charge in [0.25, 0.3) is 5.69 Å². The van der Waals surface area contributed by atoms with E-state index in [0.717, 1.165) is 23.9 Å². The van der Waals surface area contributed by atoms with Crippen LogP contribution >= 0.6 is 0 Å². The molecule has 0 bridgehead atoms. The third-order valence-electron chi connectivity index (χ3n) is 2.92. The smallest absolute Gasteiger partial charge is 0.292 e.